The predicted molar refractivity (Wildman–Crippen MR) is 74.0 cm³/mol. The largest absolute Gasteiger partial charge is 0.411 e. The Balaban J connectivity index is 2.41. The van der Waals surface area contributed by atoms with Crippen LogP contribution in [0.1, 0.15) is 36.3 Å². The quantitative estimate of drug-likeness (QED) is 0.817. The van der Waals surface area contributed by atoms with Gasteiger partial charge in [-0.05, 0) is 27.7 Å². The number of hydrogen-bond acceptors (Lipinski definition) is 4. The van der Waals surface area contributed by atoms with Gasteiger partial charge >= 0.3 is 6.18 Å². The van der Waals surface area contributed by atoms with Crippen LogP contribution in [0.25, 0.3) is 0 Å². The molecule has 20 heavy (non-hydrogen) atoms. The van der Waals surface area contributed by atoms with Gasteiger partial charge in [-0.2, -0.15) is 13.2 Å². The number of rotatable bonds is 6. The molecule has 0 saturated heterocycles. The number of halogens is 3. The highest BCUT2D eigenvalue weighted by Crippen LogP contribution is 2.20. The fourth-order valence-electron chi connectivity index (χ4n) is 1.45. The van der Waals surface area contributed by atoms with Crippen LogP contribution in [0.2, 0.25) is 0 Å². The maximum Gasteiger partial charge on any atom is 0.411 e. The van der Waals surface area contributed by atoms with Gasteiger partial charge in [0.2, 0.25) is 0 Å². The third-order valence-corrected chi connectivity index (χ3v) is 3.66. The van der Waals surface area contributed by atoms with Crippen LogP contribution < -0.4 is 5.32 Å². The first-order chi connectivity index (χ1) is 9.07. The van der Waals surface area contributed by atoms with E-state index in [1.807, 2.05) is 6.92 Å². The van der Waals surface area contributed by atoms with E-state index in [0.29, 0.717) is 6.42 Å². The summed E-state index contributed by atoms with van der Waals surface area (Å²) >= 11 is 1.52. The van der Waals surface area contributed by atoms with Crippen LogP contribution in [-0.2, 0) is 17.7 Å². The van der Waals surface area contributed by atoms with Gasteiger partial charge in [0, 0.05) is 23.4 Å². The molecule has 0 unspecified atom stereocenters. The Morgan fingerprint density at radius 1 is 1.25 bits per heavy atom. The standard InChI is InChI=1S/C13H21F3N2OS/c1-9-10(7-17-12(2,3)4)20-11(18-9)5-6-19-8-13(14,15)16/h17H,5-8H2,1-4H3. The number of ether oxygens (including phenoxy) is 1. The molecule has 116 valence electrons. The van der Waals surface area contributed by atoms with Crippen molar-refractivity contribution < 1.29 is 17.9 Å². The van der Waals surface area contributed by atoms with Crippen molar-refractivity contribution in [2.75, 3.05) is 13.2 Å². The summed E-state index contributed by atoms with van der Waals surface area (Å²) in [6, 6.07) is 0. The summed E-state index contributed by atoms with van der Waals surface area (Å²) in [6.45, 7) is 7.71. The predicted octanol–water partition coefficient (Wildman–Crippen LogP) is 3.46. The van der Waals surface area contributed by atoms with Crippen molar-refractivity contribution >= 4 is 11.3 Å². The highest BCUT2D eigenvalue weighted by atomic mass is 32.1. The van der Waals surface area contributed by atoms with Crippen molar-refractivity contribution in [3.63, 3.8) is 0 Å². The first kappa shape index (κ1) is 17.4. The van der Waals surface area contributed by atoms with E-state index < -0.39 is 12.8 Å². The molecule has 0 amide bonds. The van der Waals surface area contributed by atoms with Crippen LogP contribution in [0.15, 0.2) is 0 Å². The Morgan fingerprint density at radius 3 is 2.45 bits per heavy atom. The smallest absolute Gasteiger partial charge is 0.372 e. The molecule has 0 aromatic carbocycles. The first-order valence-corrected chi connectivity index (χ1v) is 7.23. The Hall–Kier alpha value is -0.660. The lowest BCUT2D eigenvalue weighted by atomic mass is 10.1. The number of aromatic nitrogens is 1. The summed E-state index contributed by atoms with van der Waals surface area (Å²) in [5, 5.41) is 4.19. The highest BCUT2D eigenvalue weighted by molar-refractivity contribution is 7.11. The molecule has 0 fully saturated rings. The van der Waals surface area contributed by atoms with Crippen LogP contribution in [0.4, 0.5) is 13.2 Å². The van der Waals surface area contributed by atoms with Crippen molar-refractivity contribution in [3.8, 4) is 0 Å². The zero-order chi connectivity index (χ0) is 15.4. The molecule has 1 aromatic heterocycles. The molecular weight excluding hydrogens is 289 g/mol. The minimum atomic E-state index is -4.26. The van der Waals surface area contributed by atoms with E-state index in [1.54, 1.807) is 0 Å². The van der Waals surface area contributed by atoms with Gasteiger partial charge in [0.25, 0.3) is 0 Å². The number of thiazole rings is 1. The summed E-state index contributed by atoms with van der Waals surface area (Å²) in [7, 11) is 0. The van der Waals surface area contributed by atoms with Gasteiger partial charge in [0.1, 0.15) is 6.61 Å². The molecule has 1 rings (SSSR count). The summed E-state index contributed by atoms with van der Waals surface area (Å²) < 4.78 is 40.3. The molecule has 0 atom stereocenters. The van der Waals surface area contributed by atoms with Crippen LogP contribution in [-0.4, -0.2) is 29.9 Å². The zero-order valence-electron chi connectivity index (χ0n) is 12.2. The molecule has 1 N–H and O–H groups in total. The SMILES string of the molecule is Cc1nc(CCOCC(F)(F)F)sc1CNC(C)(C)C. The van der Waals surface area contributed by atoms with Crippen molar-refractivity contribution in [3.05, 3.63) is 15.6 Å². The lowest BCUT2D eigenvalue weighted by molar-refractivity contribution is -0.173. The summed E-state index contributed by atoms with van der Waals surface area (Å²) in [4.78, 5) is 5.48. The van der Waals surface area contributed by atoms with Gasteiger partial charge in [0.05, 0.1) is 17.3 Å². The molecule has 0 spiro atoms. The Morgan fingerprint density at radius 2 is 1.90 bits per heavy atom. The number of nitrogens with zero attached hydrogens (tertiary/aromatic N) is 1. The molecule has 0 radical (unpaired) electrons. The lowest BCUT2D eigenvalue weighted by Gasteiger charge is -2.19. The van der Waals surface area contributed by atoms with Crippen LogP contribution in [0, 0.1) is 6.92 Å². The number of hydrogen-bond donors (Lipinski definition) is 1. The van der Waals surface area contributed by atoms with E-state index >= 15 is 0 Å². The number of aryl methyl sites for hydroxylation is 1. The van der Waals surface area contributed by atoms with Gasteiger partial charge in [-0.1, -0.05) is 0 Å². The maximum absolute atomic E-state index is 11.9. The lowest BCUT2D eigenvalue weighted by Crippen LogP contribution is -2.34. The molecule has 1 heterocycles. The van der Waals surface area contributed by atoms with Gasteiger partial charge in [-0.25, -0.2) is 4.98 Å². The summed E-state index contributed by atoms with van der Waals surface area (Å²) in [5.74, 6) is 0. The third-order valence-electron chi connectivity index (χ3n) is 2.44. The van der Waals surface area contributed by atoms with E-state index in [4.69, 9.17) is 0 Å². The Labute approximate surface area is 121 Å². The fraction of sp³-hybridized carbons (Fsp3) is 0.769. The molecule has 0 aliphatic carbocycles. The molecule has 0 saturated carbocycles. The average Bonchev–Trinajstić information content (AvgIpc) is 2.60. The monoisotopic (exact) mass is 310 g/mol. The average molecular weight is 310 g/mol. The van der Waals surface area contributed by atoms with E-state index in [9.17, 15) is 13.2 Å². The van der Waals surface area contributed by atoms with Crippen LogP contribution >= 0.6 is 11.3 Å². The molecule has 7 heteroatoms. The van der Waals surface area contributed by atoms with Crippen molar-refractivity contribution in [2.45, 2.75) is 52.4 Å². The van der Waals surface area contributed by atoms with E-state index in [2.05, 4.69) is 35.8 Å². The topological polar surface area (TPSA) is 34.1 Å². The van der Waals surface area contributed by atoms with Crippen LogP contribution in [0.5, 0.6) is 0 Å². The number of alkyl halides is 3. The van der Waals surface area contributed by atoms with Crippen molar-refractivity contribution in [1.82, 2.24) is 10.3 Å². The van der Waals surface area contributed by atoms with E-state index in [-0.39, 0.29) is 12.1 Å². The normalized spacial score (nSPS) is 12.9. The molecule has 0 aliphatic rings. The molecule has 0 aliphatic heterocycles. The summed E-state index contributed by atoms with van der Waals surface area (Å²) in [5.41, 5.74) is 0.949. The van der Waals surface area contributed by atoms with Gasteiger partial charge in [-0.3, -0.25) is 0 Å². The molecule has 0 bridgehead atoms. The van der Waals surface area contributed by atoms with Gasteiger partial charge < -0.3 is 10.1 Å². The minimum absolute atomic E-state index is 0.0203. The zero-order valence-corrected chi connectivity index (χ0v) is 13.0. The van der Waals surface area contributed by atoms with Crippen molar-refractivity contribution in [2.24, 2.45) is 0 Å². The second-order valence-electron chi connectivity index (χ2n) is 5.64. The highest BCUT2D eigenvalue weighted by Gasteiger charge is 2.27. The fourth-order valence-corrected chi connectivity index (χ4v) is 2.44. The first-order valence-electron chi connectivity index (χ1n) is 6.41. The van der Waals surface area contributed by atoms with Gasteiger partial charge in [-0.15, -0.1) is 11.3 Å². The molecular formula is C13H21F3N2OS. The maximum atomic E-state index is 11.9. The van der Waals surface area contributed by atoms with Gasteiger partial charge in [0.15, 0.2) is 0 Å². The molecule has 3 nitrogen and oxygen atoms in total. The van der Waals surface area contributed by atoms with E-state index in [1.165, 1.54) is 11.3 Å². The molecule has 1 aromatic rings. The third kappa shape index (κ3) is 7.21. The van der Waals surface area contributed by atoms with E-state index in [0.717, 1.165) is 22.1 Å². The number of nitrogens with one attached hydrogen (secondary N) is 1. The van der Waals surface area contributed by atoms with Crippen molar-refractivity contribution in [1.29, 1.82) is 0 Å². The Bertz CT molecular complexity index is 424. The Kier molecular flexibility index (Phi) is 5.97. The second kappa shape index (κ2) is 6.87. The minimum Gasteiger partial charge on any atom is -0.372 e. The summed E-state index contributed by atoms with van der Waals surface area (Å²) in [6.07, 6.45) is -3.85. The van der Waals surface area contributed by atoms with Crippen LogP contribution in [0.3, 0.4) is 0 Å². The second-order valence-corrected chi connectivity index (χ2v) is 6.81.